The van der Waals surface area contributed by atoms with Crippen LogP contribution in [0.3, 0.4) is 0 Å². The van der Waals surface area contributed by atoms with E-state index in [1.165, 1.54) is 4.31 Å². The van der Waals surface area contributed by atoms with Crippen LogP contribution in [0.1, 0.15) is 0 Å². The third kappa shape index (κ3) is 2.46. The van der Waals surface area contributed by atoms with Gasteiger partial charge >= 0.3 is 0 Å². The van der Waals surface area contributed by atoms with Gasteiger partial charge in [-0.1, -0.05) is 30.3 Å². The van der Waals surface area contributed by atoms with Crippen molar-refractivity contribution in [2.75, 3.05) is 16.3 Å². The molecule has 0 aliphatic rings. The Morgan fingerprint density at radius 2 is 1.50 bits per heavy atom. The van der Waals surface area contributed by atoms with Gasteiger partial charge in [-0.15, -0.1) is 0 Å². The summed E-state index contributed by atoms with van der Waals surface area (Å²) in [6.07, 6.45) is 1.16. The van der Waals surface area contributed by atoms with E-state index in [0.29, 0.717) is 17.1 Å². The molecule has 4 nitrogen and oxygen atoms in total. The maximum Gasteiger partial charge on any atom is 0.236 e. The molecule has 0 saturated carbocycles. The van der Waals surface area contributed by atoms with E-state index >= 15 is 0 Å². The van der Waals surface area contributed by atoms with Gasteiger partial charge in [0.15, 0.2) is 0 Å². The van der Waals surface area contributed by atoms with E-state index in [1.54, 1.807) is 48.5 Å². The lowest BCUT2D eigenvalue weighted by Crippen LogP contribution is -2.25. The van der Waals surface area contributed by atoms with E-state index in [-0.39, 0.29) is 0 Å². The van der Waals surface area contributed by atoms with Gasteiger partial charge < -0.3 is 5.73 Å². The van der Waals surface area contributed by atoms with E-state index < -0.39 is 10.0 Å². The summed E-state index contributed by atoms with van der Waals surface area (Å²) in [5.74, 6) is 0. The topological polar surface area (TPSA) is 63.4 Å². The number of hydrogen-bond donors (Lipinski definition) is 1. The lowest BCUT2D eigenvalue weighted by molar-refractivity contribution is 0.602. The summed E-state index contributed by atoms with van der Waals surface area (Å²) in [6.45, 7) is 0. The predicted molar refractivity (Wildman–Crippen MR) is 74.3 cm³/mol. The Kier molecular flexibility index (Phi) is 3.25. The molecule has 0 saturated heterocycles. The van der Waals surface area contributed by atoms with Crippen molar-refractivity contribution in [3.8, 4) is 0 Å². The molecule has 2 N–H and O–H groups in total. The summed E-state index contributed by atoms with van der Waals surface area (Å²) in [6, 6.07) is 15.7. The molecular weight excluding hydrogens is 248 g/mol. The lowest BCUT2D eigenvalue weighted by atomic mass is 10.2. The van der Waals surface area contributed by atoms with E-state index in [4.69, 9.17) is 5.73 Å². The van der Waals surface area contributed by atoms with Crippen LogP contribution in [0, 0.1) is 0 Å². The minimum Gasteiger partial charge on any atom is -0.397 e. The summed E-state index contributed by atoms with van der Waals surface area (Å²) in [4.78, 5) is 0. The third-order valence-corrected chi connectivity index (χ3v) is 3.55. The fraction of sp³-hybridized carbons (Fsp3) is 0.0769. The van der Waals surface area contributed by atoms with Crippen molar-refractivity contribution in [2.45, 2.75) is 0 Å². The zero-order valence-electron chi connectivity index (χ0n) is 9.95. The highest BCUT2D eigenvalue weighted by molar-refractivity contribution is 7.92. The molecule has 0 aliphatic heterocycles. The highest BCUT2D eigenvalue weighted by Gasteiger charge is 2.20. The number of hydrogen-bond acceptors (Lipinski definition) is 3. The standard InChI is InChI=1S/C13H14N2O2S/c1-18(16,17)15(11-7-3-2-4-8-11)13-10-6-5-9-12(13)14/h2-10H,14H2,1H3. The molecule has 0 radical (unpaired) electrons. The van der Waals surface area contributed by atoms with Gasteiger partial charge in [0.25, 0.3) is 0 Å². The van der Waals surface area contributed by atoms with Gasteiger partial charge in [0.1, 0.15) is 0 Å². The summed E-state index contributed by atoms with van der Waals surface area (Å²) >= 11 is 0. The van der Waals surface area contributed by atoms with Crippen molar-refractivity contribution in [3.63, 3.8) is 0 Å². The highest BCUT2D eigenvalue weighted by atomic mass is 32.2. The molecule has 0 heterocycles. The largest absolute Gasteiger partial charge is 0.397 e. The molecule has 2 rings (SSSR count). The Morgan fingerprint density at radius 3 is 2.06 bits per heavy atom. The molecule has 5 heteroatoms. The fourth-order valence-electron chi connectivity index (χ4n) is 1.75. The number of para-hydroxylation sites is 3. The van der Waals surface area contributed by atoms with Gasteiger partial charge in [-0.3, -0.25) is 0 Å². The molecule has 94 valence electrons. The Labute approximate surface area is 107 Å². The van der Waals surface area contributed by atoms with Crippen LogP contribution in [0.25, 0.3) is 0 Å². The normalized spacial score (nSPS) is 11.2. The van der Waals surface area contributed by atoms with Gasteiger partial charge in [-0.25, -0.2) is 12.7 Å². The quantitative estimate of drug-likeness (QED) is 0.864. The maximum atomic E-state index is 12.0. The Balaban J connectivity index is 2.63. The van der Waals surface area contributed by atoms with Crippen molar-refractivity contribution in [1.82, 2.24) is 0 Å². The van der Waals surface area contributed by atoms with Gasteiger partial charge in [-0.2, -0.15) is 0 Å². The summed E-state index contributed by atoms with van der Waals surface area (Å²) in [5.41, 5.74) is 7.30. The molecule has 0 spiro atoms. The molecule has 0 fully saturated rings. The van der Waals surface area contributed by atoms with Gasteiger partial charge in [0.2, 0.25) is 10.0 Å². The second-order valence-electron chi connectivity index (χ2n) is 3.92. The average molecular weight is 262 g/mol. The number of nitrogens with zero attached hydrogens (tertiary/aromatic N) is 1. The predicted octanol–water partition coefficient (Wildman–Crippen LogP) is 2.37. The van der Waals surface area contributed by atoms with Crippen molar-refractivity contribution in [3.05, 3.63) is 54.6 Å². The smallest absolute Gasteiger partial charge is 0.236 e. The summed E-state index contributed by atoms with van der Waals surface area (Å²) in [7, 11) is -3.44. The summed E-state index contributed by atoms with van der Waals surface area (Å²) in [5, 5.41) is 0. The fourth-order valence-corrected chi connectivity index (χ4v) is 2.77. The average Bonchev–Trinajstić information content (AvgIpc) is 2.32. The first kappa shape index (κ1) is 12.4. The second kappa shape index (κ2) is 4.70. The number of nitrogen functional groups attached to an aromatic ring is 1. The molecule has 2 aromatic carbocycles. The van der Waals surface area contributed by atoms with Crippen LogP contribution in [0.5, 0.6) is 0 Å². The molecule has 0 unspecified atom stereocenters. The van der Waals surface area contributed by atoms with Gasteiger partial charge in [-0.05, 0) is 24.3 Å². The van der Waals surface area contributed by atoms with Crippen LogP contribution in [-0.2, 0) is 10.0 Å². The van der Waals surface area contributed by atoms with Crippen LogP contribution in [-0.4, -0.2) is 14.7 Å². The van der Waals surface area contributed by atoms with Crippen LogP contribution >= 0.6 is 0 Å². The highest BCUT2D eigenvalue weighted by Crippen LogP contribution is 2.32. The van der Waals surface area contributed by atoms with E-state index in [2.05, 4.69) is 0 Å². The van der Waals surface area contributed by atoms with Gasteiger partial charge in [0, 0.05) is 0 Å². The maximum absolute atomic E-state index is 12.0. The van der Waals surface area contributed by atoms with E-state index in [0.717, 1.165) is 6.26 Å². The molecule has 0 bridgehead atoms. The van der Waals surface area contributed by atoms with Crippen molar-refractivity contribution >= 4 is 27.1 Å². The SMILES string of the molecule is CS(=O)(=O)N(c1ccccc1)c1ccccc1N. The Morgan fingerprint density at radius 1 is 0.944 bits per heavy atom. The van der Waals surface area contributed by atoms with Crippen LogP contribution in [0.15, 0.2) is 54.6 Å². The van der Waals surface area contributed by atoms with Crippen LogP contribution < -0.4 is 10.0 Å². The van der Waals surface area contributed by atoms with Crippen LogP contribution in [0.4, 0.5) is 17.1 Å². The monoisotopic (exact) mass is 262 g/mol. The molecular formula is C13H14N2O2S. The number of sulfonamides is 1. The molecule has 18 heavy (non-hydrogen) atoms. The number of anilines is 3. The minimum atomic E-state index is -3.44. The number of benzene rings is 2. The van der Waals surface area contributed by atoms with E-state index in [9.17, 15) is 8.42 Å². The molecule has 2 aromatic rings. The number of nitrogens with two attached hydrogens (primary N) is 1. The van der Waals surface area contributed by atoms with Crippen LogP contribution in [0.2, 0.25) is 0 Å². The first-order valence-corrected chi connectivity index (χ1v) is 7.25. The molecule has 0 atom stereocenters. The Bertz CT molecular complexity index is 639. The lowest BCUT2D eigenvalue weighted by Gasteiger charge is -2.23. The summed E-state index contributed by atoms with van der Waals surface area (Å²) < 4.78 is 25.1. The zero-order valence-corrected chi connectivity index (χ0v) is 10.8. The van der Waals surface area contributed by atoms with Crippen molar-refractivity contribution in [2.24, 2.45) is 0 Å². The third-order valence-electron chi connectivity index (χ3n) is 2.48. The molecule has 0 aromatic heterocycles. The van der Waals surface area contributed by atoms with E-state index in [1.807, 2.05) is 6.07 Å². The minimum absolute atomic E-state index is 0.423. The zero-order chi connectivity index (χ0) is 13.2. The Hall–Kier alpha value is -2.01. The first-order chi connectivity index (χ1) is 8.50. The molecule has 0 aliphatic carbocycles. The number of rotatable bonds is 3. The van der Waals surface area contributed by atoms with Gasteiger partial charge in [0.05, 0.1) is 23.3 Å². The second-order valence-corrected chi connectivity index (χ2v) is 5.75. The van der Waals surface area contributed by atoms with Crippen molar-refractivity contribution < 1.29 is 8.42 Å². The first-order valence-electron chi connectivity index (χ1n) is 5.40. The molecule has 0 amide bonds. The van der Waals surface area contributed by atoms with Crippen molar-refractivity contribution in [1.29, 1.82) is 0 Å².